The van der Waals surface area contributed by atoms with Crippen molar-refractivity contribution in [3.05, 3.63) is 28.7 Å². The highest BCUT2D eigenvalue weighted by Gasteiger charge is 2.15. The third-order valence-corrected chi connectivity index (χ3v) is 4.91. The van der Waals surface area contributed by atoms with E-state index in [1.807, 2.05) is 6.92 Å². The number of pyridine rings is 1. The molecular formula is C17H24N4O3S. The SMILES string of the molecule is COCCn1c(SCC(=O)N[C@@H](C)C(C)C)nc2ncccc2c1=O. The van der Waals surface area contributed by atoms with Gasteiger partial charge < -0.3 is 10.1 Å². The maximum absolute atomic E-state index is 12.7. The Kier molecular flexibility index (Phi) is 6.95. The number of carbonyl (C=O) groups excluding carboxylic acids is 1. The van der Waals surface area contributed by atoms with Gasteiger partial charge in [0.2, 0.25) is 5.91 Å². The molecule has 25 heavy (non-hydrogen) atoms. The van der Waals surface area contributed by atoms with Gasteiger partial charge in [0.05, 0.1) is 24.3 Å². The number of hydrogen-bond donors (Lipinski definition) is 1. The van der Waals surface area contributed by atoms with E-state index in [0.29, 0.717) is 35.3 Å². The van der Waals surface area contributed by atoms with Crippen LogP contribution in [0.3, 0.4) is 0 Å². The minimum Gasteiger partial charge on any atom is -0.383 e. The van der Waals surface area contributed by atoms with Crippen LogP contribution in [0, 0.1) is 5.92 Å². The zero-order chi connectivity index (χ0) is 18.4. The van der Waals surface area contributed by atoms with Crippen molar-refractivity contribution in [3.63, 3.8) is 0 Å². The van der Waals surface area contributed by atoms with E-state index in [4.69, 9.17) is 4.74 Å². The summed E-state index contributed by atoms with van der Waals surface area (Å²) in [5.74, 6) is 0.464. The third kappa shape index (κ3) is 5.02. The van der Waals surface area contributed by atoms with Gasteiger partial charge in [0.1, 0.15) is 0 Å². The van der Waals surface area contributed by atoms with Crippen LogP contribution < -0.4 is 10.9 Å². The molecule has 1 atom stereocenters. The molecule has 0 aliphatic carbocycles. The molecule has 2 heterocycles. The van der Waals surface area contributed by atoms with Gasteiger partial charge in [-0.2, -0.15) is 0 Å². The zero-order valence-corrected chi connectivity index (χ0v) is 15.8. The number of rotatable bonds is 8. The Morgan fingerprint density at radius 3 is 2.84 bits per heavy atom. The van der Waals surface area contributed by atoms with Gasteiger partial charge in [-0.25, -0.2) is 9.97 Å². The van der Waals surface area contributed by atoms with Crippen molar-refractivity contribution in [1.29, 1.82) is 0 Å². The lowest BCUT2D eigenvalue weighted by Crippen LogP contribution is -2.37. The van der Waals surface area contributed by atoms with E-state index in [2.05, 4.69) is 29.1 Å². The molecule has 7 nitrogen and oxygen atoms in total. The molecular weight excluding hydrogens is 340 g/mol. The first-order valence-corrected chi connectivity index (χ1v) is 9.19. The molecule has 0 aliphatic rings. The number of carbonyl (C=O) groups is 1. The van der Waals surface area contributed by atoms with Gasteiger partial charge in [0.15, 0.2) is 10.8 Å². The molecule has 0 saturated carbocycles. The minimum atomic E-state index is -0.173. The van der Waals surface area contributed by atoms with Crippen LogP contribution in [-0.2, 0) is 16.1 Å². The number of fused-ring (bicyclic) bond motifs is 1. The Morgan fingerprint density at radius 1 is 1.40 bits per heavy atom. The minimum absolute atomic E-state index is 0.0835. The van der Waals surface area contributed by atoms with Crippen LogP contribution in [-0.4, -0.2) is 46.0 Å². The second-order valence-electron chi connectivity index (χ2n) is 6.11. The van der Waals surface area contributed by atoms with Crippen LogP contribution in [0.4, 0.5) is 0 Å². The molecule has 2 aromatic heterocycles. The van der Waals surface area contributed by atoms with E-state index < -0.39 is 0 Å². The van der Waals surface area contributed by atoms with Gasteiger partial charge >= 0.3 is 0 Å². The van der Waals surface area contributed by atoms with Gasteiger partial charge in [0, 0.05) is 19.3 Å². The normalized spacial score (nSPS) is 12.5. The lowest BCUT2D eigenvalue weighted by molar-refractivity contribution is -0.119. The van der Waals surface area contributed by atoms with Gasteiger partial charge in [-0.1, -0.05) is 25.6 Å². The summed E-state index contributed by atoms with van der Waals surface area (Å²) in [5, 5.41) is 3.88. The van der Waals surface area contributed by atoms with Crippen LogP contribution in [0.5, 0.6) is 0 Å². The molecule has 8 heteroatoms. The number of aromatic nitrogens is 3. The standard InChI is InChI=1S/C17H24N4O3S/c1-11(2)12(3)19-14(22)10-25-17-20-15-13(6-5-7-18-15)16(23)21(17)8-9-24-4/h5-7,11-12H,8-10H2,1-4H3,(H,19,22)/t12-/m0/s1. The number of thioether (sulfide) groups is 1. The van der Waals surface area contributed by atoms with Crippen LogP contribution in [0.25, 0.3) is 11.0 Å². The summed E-state index contributed by atoms with van der Waals surface area (Å²) >= 11 is 1.23. The molecule has 2 aromatic rings. The predicted molar refractivity (Wildman–Crippen MR) is 98.8 cm³/mol. The lowest BCUT2D eigenvalue weighted by Gasteiger charge is -2.17. The van der Waals surface area contributed by atoms with Crippen molar-refractivity contribution in [2.75, 3.05) is 19.5 Å². The number of methoxy groups -OCH3 is 1. The summed E-state index contributed by atoms with van der Waals surface area (Å²) in [5.41, 5.74) is 0.216. The summed E-state index contributed by atoms with van der Waals surface area (Å²) in [4.78, 5) is 33.4. The van der Waals surface area contributed by atoms with E-state index in [-0.39, 0.29) is 23.3 Å². The van der Waals surface area contributed by atoms with Crippen molar-refractivity contribution < 1.29 is 9.53 Å². The molecule has 0 aliphatic heterocycles. The highest BCUT2D eigenvalue weighted by atomic mass is 32.2. The molecule has 0 spiro atoms. The van der Waals surface area contributed by atoms with Gasteiger partial charge in [0.25, 0.3) is 5.56 Å². The van der Waals surface area contributed by atoms with Gasteiger partial charge in [-0.3, -0.25) is 14.2 Å². The molecule has 0 fully saturated rings. The number of nitrogens with one attached hydrogen (secondary N) is 1. The first-order chi connectivity index (χ1) is 11.9. The van der Waals surface area contributed by atoms with Crippen LogP contribution >= 0.6 is 11.8 Å². The van der Waals surface area contributed by atoms with Crippen molar-refractivity contribution >= 4 is 28.7 Å². The van der Waals surface area contributed by atoms with Crippen molar-refractivity contribution in [2.24, 2.45) is 5.92 Å². The maximum atomic E-state index is 12.7. The van der Waals surface area contributed by atoms with Crippen LogP contribution in [0.2, 0.25) is 0 Å². The molecule has 1 amide bonds. The maximum Gasteiger partial charge on any atom is 0.263 e. The Morgan fingerprint density at radius 2 is 2.16 bits per heavy atom. The van der Waals surface area contributed by atoms with Crippen LogP contribution in [0.15, 0.2) is 28.3 Å². The van der Waals surface area contributed by atoms with Crippen molar-refractivity contribution in [1.82, 2.24) is 19.9 Å². The first kappa shape index (κ1) is 19.4. The Bertz CT molecular complexity index is 791. The smallest absolute Gasteiger partial charge is 0.263 e. The number of nitrogens with zero attached hydrogens (tertiary/aromatic N) is 3. The molecule has 136 valence electrons. The zero-order valence-electron chi connectivity index (χ0n) is 15.0. The summed E-state index contributed by atoms with van der Waals surface area (Å²) in [6, 6.07) is 3.50. The predicted octanol–water partition coefficient (Wildman–Crippen LogP) is 1.69. The van der Waals surface area contributed by atoms with Gasteiger partial charge in [-0.15, -0.1) is 0 Å². The quantitative estimate of drug-likeness (QED) is 0.567. The topological polar surface area (TPSA) is 86.1 Å². The molecule has 0 unspecified atom stereocenters. The average Bonchev–Trinajstić information content (AvgIpc) is 2.59. The summed E-state index contributed by atoms with van der Waals surface area (Å²) in [7, 11) is 1.58. The Balaban J connectivity index is 2.23. The largest absolute Gasteiger partial charge is 0.383 e. The monoisotopic (exact) mass is 364 g/mol. The molecule has 0 saturated heterocycles. The second-order valence-corrected chi connectivity index (χ2v) is 7.05. The summed E-state index contributed by atoms with van der Waals surface area (Å²) in [6.07, 6.45) is 1.60. The Hall–Kier alpha value is -1.93. The molecule has 2 rings (SSSR count). The fourth-order valence-corrected chi connectivity index (χ4v) is 2.94. The Labute approximate surface area is 151 Å². The highest BCUT2D eigenvalue weighted by molar-refractivity contribution is 7.99. The fraction of sp³-hybridized carbons (Fsp3) is 0.529. The molecule has 0 aromatic carbocycles. The van der Waals surface area contributed by atoms with E-state index in [9.17, 15) is 9.59 Å². The van der Waals surface area contributed by atoms with Crippen molar-refractivity contribution in [2.45, 2.75) is 38.5 Å². The molecule has 0 radical (unpaired) electrons. The average molecular weight is 364 g/mol. The number of amides is 1. The first-order valence-electron chi connectivity index (χ1n) is 8.20. The number of ether oxygens (including phenoxy) is 1. The molecule has 1 N–H and O–H groups in total. The fourth-order valence-electron chi connectivity index (χ4n) is 2.12. The summed E-state index contributed by atoms with van der Waals surface area (Å²) < 4.78 is 6.62. The summed E-state index contributed by atoms with van der Waals surface area (Å²) in [6.45, 7) is 6.84. The van der Waals surface area contributed by atoms with Crippen molar-refractivity contribution in [3.8, 4) is 0 Å². The molecule has 0 bridgehead atoms. The van der Waals surface area contributed by atoms with E-state index in [1.165, 1.54) is 16.3 Å². The lowest BCUT2D eigenvalue weighted by atomic mass is 10.1. The number of hydrogen-bond acceptors (Lipinski definition) is 6. The third-order valence-electron chi connectivity index (χ3n) is 3.93. The van der Waals surface area contributed by atoms with E-state index >= 15 is 0 Å². The highest BCUT2D eigenvalue weighted by Crippen LogP contribution is 2.17. The van der Waals surface area contributed by atoms with E-state index in [0.717, 1.165) is 0 Å². The van der Waals surface area contributed by atoms with Crippen LogP contribution in [0.1, 0.15) is 20.8 Å². The second kappa shape index (κ2) is 8.96. The van der Waals surface area contributed by atoms with E-state index in [1.54, 1.807) is 25.4 Å². The van der Waals surface area contributed by atoms with Gasteiger partial charge in [-0.05, 0) is 25.0 Å².